The fourth-order valence-corrected chi connectivity index (χ4v) is 3.66. The normalized spacial score (nSPS) is 24.0. The molecule has 1 aromatic carbocycles. The van der Waals surface area contributed by atoms with Gasteiger partial charge in [0.2, 0.25) is 0 Å². The molecule has 0 aromatic heterocycles. The van der Waals surface area contributed by atoms with Crippen molar-refractivity contribution in [3.8, 4) is 0 Å². The Morgan fingerprint density at radius 3 is 2.62 bits per heavy atom. The Morgan fingerprint density at radius 1 is 1.29 bits per heavy atom. The van der Waals surface area contributed by atoms with Crippen LogP contribution in [0.3, 0.4) is 0 Å². The van der Waals surface area contributed by atoms with Gasteiger partial charge in [-0.3, -0.25) is 0 Å². The molecule has 118 valence electrons. The summed E-state index contributed by atoms with van der Waals surface area (Å²) in [6, 6.07) is 4.96. The van der Waals surface area contributed by atoms with Crippen molar-refractivity contribution in [2.45, 2.75) is 64.3 Å². The molecule has 0 amide bonds. The SMILES string of the molecule is CCCCC1CCC(C(N)Cc2ccc(Cl)cc2F)CC1. The van der Waals surface area contributed by atoms with E-state index >= 15 is 0 Å². The maximum Gasteiger partial charge on any atom is 0.127 e. The van der Waals surface area contributed by atoms with Gasteiger partial charge in [-0.2, -0.15) is 0 Å². The van der Waals surface area contributed by atoms with Gasteiger partial charge < -0.3 is 5.73 Å². The molecule has 2 rings (SSSR count). The fourth-order valence-electron chi connectivity index (χ4n) is 3.51. The zero-order chi connectivity index (χ0) is 15.2. The van der Waals surface area contributed by atoms with Crippen molar-refractivity contribution >= 4 is 11.6 Å². The molecule has 0 bridgehead atoms. The third kappa shape index (κ3) is 4.96. The van der Waals surface area contributed by atoms with Gasteiger partial charge in [-0.05, 0) is 48.8 Å². The Hall–Kier alpha value is -0.600. The standard InChI is InChI=1S/C18H27ClFN/c1-2-3-4-13-5-7-14(8-6-13)18(21)11-15-9-10-16(19)12-17(15)20/h9-10,12-14,18H,2-8,11,21H2,1H3. The van der Waals surface area contributed by atoms with Gasteiger partial charge in [0.1, 0.15) is 5.82 Å². The lowest BCUT2D eigenvalue weighted by atomic mass is 9.76. The van der Waals surface area contributed by atoms with E-state index in [1.807, 2.05) is 0 Å². The maximum absolute atomic E-state index is 13.8. The van der Waals surface area contributed by atoms with Crippen LogP contribution >= 0.6 is 11.6 Å². The van der Waals surface area contributed by atoms with E-state index < -0.39 is 0 Å². The topological polar surface area (TPSA) is 26.0 Å². The Morgan fingerprint density at radius 2 is 2.00 bits per heavy atom. The Kier molecular flexibility index (Phi) is 6.50. The first-order valence-electron chi connectivity index (χ1n) is 8.29. The van der Waals surface area contributed by atoms with Gasteiger partial charge in [0.25, 0.3) is 0 Å². The number of unbranched alkanes of at least 4 members (excludes halogenated alkanes) is 1. The molecule has 1 unspecified atom stereocenters. The second-order valence-corrected chi connectivity index (χ2v) is 6.96. The van der Waals surface area contributed by atoms with Gasteiger partial charge in [-0.15, -0.1) is 0 Å². The van der Waals surface area contributed by atoms with Crippen LogP contribution in [0.2, 0.25) is 5.02 Å². The van der Waals surface area contributed by atoms with Crippen LogP contribution in [0.1, 0.15) is 57.4 Å². The highest BCUT2D eigenvalue weighted by Gasteiger charge is 2.25. The highest BCUT2D eigenvalue weighted by atomic mass is 35.5. The van der Waals surface area contributed by atoms with Crippen molar-refractivity contribution in [2.24, 2.45) is 17.6 Å². The van der Waals surface area contributed by atoms with Crippen LogP contribution < -0.4 is 5.73 Å². The number of hydrogen-bond acceptors (Lipinski definition) is 1. The molecule has 1 aromatic rings. The summed E-state index contributed by atoms with van der Waals surface area (Å²) in [5.41, 5.74) is 7.03. The minimum Gasteiger partial charge on any atom is -0.327 e. The largest absolute Gasteiger partial charge is 0.327 e. The molecular formula is C18H27ClFN. The van der Waals surface area contributed by atoms with E-state index in [0.29, 0.717) is 22.9 Å². The number of halogens is 2. The summed E-state index contributed by atoms with van der Waals surface area (Å²) in [6.45, 7) is 2.25. The van der Waals surface area contributed by atoms with Crippen molar-refractivity contribution < 1.29 is 4.39 Å². The van der Waals surface area contributed by atoms with Crippen molar-refractivity contribution in [3.63, 3.8) is 0 Å². The summed E-state index contributed by atoms with van der Waals surface area (Å²) >= 11 is 5.79. The minimum atomic E-state index is -0.227. The van der Waals surface area contributed by atoms with Crippen LogP contribution in [0.4, 0.5) is 4.39 Å². The molecule has 0 aliphatic heterocycles. The first kappa shape index (κ1) is 16.8. The van der Waals surface area contributed by atoms with Crippen molar-refractivity contribution in [2.75, 3.05) is 0 Å². The second kappa shape index (κ2) is 8.14. The van der Waals surface area contributed by atoms with Crippen LogP contribution in [0.25, 0.3) is 0 Å². The van der Waals surface area contributed by atoms with Gasteiger partial charge in [0.15, 0.2) is 0 Å². The smallest absolute Gasteiger partial charge is 0.127 e. The molecule has 1 aliphatic rings. The van der Waals surface area contributed by atoms with Crippen LogP contribution in [0.5, 0.6) is 0 Å². The van der Waals surface area contributed by atoms with E-state index in [1.165, 1.54) is 51.0 Å². The van der Waals surface area contributed by atoms with Crippen LogP contribution in [-0.4, -0.2) is 6.04 Å². The summed E-state index contributed by atoms with van der Waals surface area (Å²) < 4.78 is 13.8. The van der Waals surface area contributed by atoms with Crippen molar-refractivity contribution in [1.82, 2.24) is 0 Å². The molecule has 1 fully saturated rings. The fraction of sp³-hybridized carbons (Fsp3) is 0.667. The predicted molar refractivity (Wildman–Crippen MR) is 88.1 cm³/mol. The number of nitrogens with two attached hydrogens (primary N) is 1. The van der Waals surface area contributed by atoms with E-state index in [-0.39, 0.29) is 11.9 Å². The average molecular weight is 312 g/mol. The average Bonchev–Trinajstić information content (AvgIpc) is 2.48. The second-order valence-electron chi connectivity index (χ2n) is 6.53. The molecule has 1 aliphatic carbocycles. The minimum absolute atomic E-state index is 0.0628. The molecular weight excluding hydrogens is 285 g/mol. The lowest BCUT2D eigenvalue weighted by Crippen LogP contribution is -2.35. The highest BCUT2D eigenvalue weighted by Crippen LogP contribution is 2.34. The monoisotopic (exact) mass is 311 g/mol. The van der Waals surface area contributed by atoms with E-state index in [9.17, 15) is 4.39 Å². The first-order chi connectivity index (χ1) is 10.1. The van der Waals surface area contributed by atoms with E-state index in [4.69, 9.17) is 17.3 Å². The molecule has 1 atom stereocenters. The number of rotatable bonds is 6. The maximum atomic E-state index is 13.8. The van der Waals surface area contributed by atoms with Crippen molar-refractivity contribution in [1.29, 1.82) is 0 Å². The highest BCUT2D eigenvalue weighted by molar-refractivity contribution is 6.30. The summed E-state index contributed by atoms with van der Waals surface area (Å²) in [5.74, 6) is 1.20. The molecule has 0 heterocycles. The molecule has 1 saturated carbocycles. The van der Waals surface area contributed by atoms with Gasteiger partial charge >= 0.3 is 0 Å². The van der Waals surface area contributed by atoms with Crippen LogP contribution in [0.15, 0.2) is 18.2 Å². The molecule has 3 heteroatoms. The van der Waals surface area contributed by atoms with Gasteiger partial charge in [0.05, 0.1) is 0 Å². The summed E-state index contributed by atoms with van der Waals surface area (Å²) in [4.78, 5) is 0. The molecule has 2 N–H and O–H groups in total. The van der Waals surface area contributed by atoms with Gasteiger partial charge in [-0.25, -0.2) is 4.39 Å². The summed E-state index contributed by atoms with van der Waals surface area (Å²) in [6.07, 6.45) is 9.60. The summed E-state index contributed by atoms with van der Waals surface area (Å²) in [5, 5.41) is 0.446. The quantitative estimate of drug-likeness (QED) is 0.753. The van der Waals surface area contributed by atoms with E-state index in [0.717, 1.165) is 5.92 Å². The number of hydrogen-bond donors (Lipinski definition) is 1. The van der Waals surface area contributed by atoms with E-state index in [1.54, 1.807) is 12.1 Å². The van der Waals surface area contributed by atoms with Gasteiger partial charge in [0, 0.05) is 11.1 Å². The zero-order valence-corrected chi connectivity index (χ0v) is 13.7. The Bertz CT molecular complexity index is 441. The van der Waals surface area contributed by atoms with Crippen LogP contribution in [-0.2, 0) is 6.42 Å². The van der Waals surface area contributed by atoms with Crippen molar-refractivity contribution in [3.05, 3.63) is 34.6 Å². The van der Waals surface area contributed by atoms with E-state index in [2.05, 4.69) is 6.92 Å². The molecule has 0 radical (unpaired) electrons. The molecule has 0 saturated heterocycles. The number of benzene rings is 1. The molecule has 21 heavy (non-hydrogen) atoms. The third-order valence-corrected chi connectivity index (χ3v) is 5.17. The van der Waals surface area contributed by atoms with Crippen LogP contribution in [0, 0.1) is 17.7 Å². The Balaban J connectivity index is 1.83. The zero-order valence-electron chi connectivity index (χ0n) is 13.0. The molecule has 0 spiro atoms. The predicted octanol–water partition coefficient (Wildman–Crippen LogP) is 5.35. The lowest BCUT2D eigenvalue weighted by Gasteiger charge is -2.32. The third-order valence-electron chi connectivity index (χ3n) is 4.93. The summed E-state index contributed by atoms with van der Waals surface area (Å²) in [7, 11) is 0. The van der Waals surface area contributed by atoms with Gasteiger partial charge in [-0.1, -0.05) is 56.7 Å². The molecule has 1 nitrogen and oxygen atoms in total. The Labute approximate surface area is 133 Å². The lowest BCUT2D eigenvalue weighted by molar-refractivity contribution is 0.230. The first-order valence-corrected chi connectivity index (χ1v) is 8.67.